The zero-order valence-electron chi connectivity index (χ0n) is 7.86. The van der Waals surface area contributed by atoms with E-state index in [-0.39, 0.29) is 0 Å². The van der Waals surface area contributed by atoms with Crippen molar-refractivity contribution in [2.75, 3.05) is 5.32 Å². The molecule has 73 valence electrons. The van der Waals surface area contributed by atoms with Gasteiger partial charge in [0.25, 0.3) is 0 Å². The Kier molecular flexibility index (Phi) is 2.24. The molecule has 0 saturated heterocycles. The summed E-state index contributed by atoms with van der Waals surface area (Å²) in [6.45, 7) is 0. The standard InChI is InChI=1S/C12H8NSSe/c15-11-7-3-6-10-12(11)13-8-4-1-2-5-9(8)14-10/h1-7,13H. The van der Waals surface area contributed by atoms with E-state index in [1.165, 1.54) is 25.6 Å². The SMILES string of the molecule is [Se]c1cccc2c1Nc1ccccc1S2. The van der Waals surface area contributed by atoms with E-state index in [1.807, 2.05) is 11.8 Å². The van der Waals surface area contributed by atoms with Crippen molar-refractivity contribution in [1.29, 1.82) is 0 Å². The Morgan fingerprint density at radius 1 is 0.933 bits per heavy atom. The molecule has 0 aromatic heterocycles. The van der Waals surface area contributed by atoms with Crippen LogP contribution in [-0.4, -0.2) is 16.0 Å². The Hall–Kier alpha value is -0.891. The maximum absolute atomic E-state index is 3.46. The monoisotopic (exact) mass is 278 g/mol. The molecule has 1 aliphatic rings. The molecular weight excluding hydrogens is 269 g/mol. The van der Waals surface area contributed by atoms with E-state index in [1.54, 1.807) is 0 Å². The number of nitrogens with one attached hydrogen (secondary N) is 1. The van der Waals surface area contributed by atoms with Gasteiger partial charge in [-0.15, -0.1) is 0 Å². The van der Waals surface area contributed by atoms with Crippen LogP contribution in [0.1, 0.15) is 0 Å². The van der Waals surface area contributed by atoms with Crippen LogP contribution in [0.25, 0.3) is 0 Å². The van der Waals surface area contributed by atoms with E-state index in [0.29, 0.717) is 0 Å². The number of benzene rings is 2. The van der Waals surface area contributed by atoms with Gasteiger partial charge in [0.1, 0.15) is 0 Å². The molecule has 1 radical (unpaired) electrons. The first-order valence-electron chi connectivity index (χ1n) is 4.68. The predicted molar refractivity (Wildman–Crippen MR) is 65.7 cm³/mol. The van der Waals surface area contributed by atoms with Crippen molar-refractivity contribution < 1.29 is 0 Å². The zero-order chi connectivity index (χ0) is 10.3. The van der Waals surface area contributed by atoms with Crippen LogP contribution < -0.4 is 9.78 Å². The predicted octanol–water partition coefficient (Wildman–Crippen LogP) is 2.69. The molecule has 2 aromatic rings. The molecule has 0 saturated carbocycles. The topological polar surface area (TPSA) is 12.0 Å². The van der Waals surface area contributed by atoms with Crippen molar-refractivity contribution in [3.63, 3.8) is 0 Å². The van der Waals surface area contributed by atoms with Gasteiger partial charge in [-0.3, -0.25) is 0 Å². The van der Waals surface area contributed by atoms with E-state index in [0.717, 1.165) is 0 Å². The van der Waals surface area contributed by atoms with Crippen molar-refractivity contribution >= 4 is 43.6 Å². The van der Waals surface area contributed by atoms with Crippen molar-refractivity contribution in [3.05, 3.63) is 42.5 Å². The van der Waals surface area contributed by atoms with E-state index in [4.69, 9.17) is 0 Å². The summed E-state index contributed by atoms with van der Waals surface area (Å²) < 4.78 is 1.18. The van der Waals surface area contributed by atoms with Gasteiger partial charge in [-0.1, -0.05) is 0 Å². The van der Waals surface area contributed by atoms with Gasteiger partial charge in [0, 0.05) is 0 Å². The molecule has 0 amide bonds. The van der Waals surface area contributed by atoms with Gasteiger partial charge >= 0.3 is 101 Å². The van der Waals surface area contributed by atoms with Crippen LogP contribution in [0.3, 0.4) is 0 Å². The van der Waals surface area contributed by atoms with E-state index < -0.39 is 0 Å². The molecule has 0 aliphatic carbocycles. The molecule has 1 heterocycles. The third-order valence-electron chi connectivity index (χ3n) is 2.35. The summed E-state index contributed by atoms with van der Waals surface area (Å²) in [6.07, 6.45) is 0. The van der Waals surface area contributed by atoms with Crippen LogP contribution in [0.5, 0.6) is 0 Å². The van der Waals surface area contributed by atoms with Gasteiger partial charge in [0.2, 0.25) is 0 Å². The van der Waals surface area contributed by atoms with E-state index in [2.05, 4.69) is 63.8 Å². The number of para-hydroxylation sites is 2. The van der Waals surface area contributed by atoms with Crippen LogP contribution in [0, 0.1) is 0 Å². The summed E-state index contributed by atoms with van der Waals surface area (Å²) in [4.78, 5) is 2.57. The second-order valence-electron chi connectivity index (χ2n) is 3.35. The molecule has 0 unspecified atom stereocenters. The number of hydrogen-bond donors (Lipinski definition) is 1. The Bertz CT molecular complexity index is 525. The fourth-order valence-corrected chi connectivity index (χ4v) is 3.30. The van der Waals surface area contributed by atoms with Crippen LogP contribution >= 0.6 is 11.8 Å². The normalized spacial score (nSPS) is 12.5. The Labute approximate surface area is 101 Å². The molecule has 3 heteroatoms. The van der Waals surface area contributed by atoms with Crippen LogP contribution in [0.4, 0.5) is 11.4 Å². The summed E-state index contributed by atoms with van der Waals surface area (Å²) >= 11 is 4.90. The molecule has 0 spiro atoms. The zero-order valence-corrected chi connectivity index (χ0v) is 10.4. The van der Waals surface area contributed by atoms with Crippen LogP contribution in [0.2, 0.25) is 0 Å². The van der Waals surface area contributed by atoms with Crippen LogP contribution in [-0.2, 0) is 0 Å². The average molecular weight is 277 g/mol. The minimum absolute atomic E-state index is 1.18. The Balaban J connectivity index is 2.15. The number of rotatable bonds is 0. The second kappa shape index (κ2) is 3.60. The number of anilines is 2. The third-order valence-corrected chi connectivity index (χ3v) is 4.20. The van der Waals surface area contributed by atoms with Gasteiger partial charge in [-0.2, -0.15) is 0 Å². The quantitative estimate of drug-likeness (QED) is 0.634. The first kappa shape index (κ1) is 9.34. The molecule has 0 atom stereocenters. The summed E-state index contributed by atoms with van der Waals surface area (Å²) in [6, 6.07) is 14.7. The second-order valence-corrected chi connectivity index (χ2v) is 5.36. The van der Waals surface area contributed by atoms with Crippen molar-refractivity contribution in [3.8, 4) is 0 Å². The fraction of sp³-hybridized carbons (Fsp3) is 0. The maximum atomic E-state index is 3.46. The van der Waals surface area contributed by atoms with Gasteiger partial charge in [-0.05, 0) is 0 Å². The molecule has 0 bridgehead atoms. The molecule has 1 aliphatic heterocycles. The molecule has 1 N–H and O–H groups in total. The molecular formula is C12H8NSSe. The van der Waals surface area contributed by atoms with Gasteiger partial charge in [-0.25, -0.2) is 0 Å². The van der Waals surface area contributed by atoms with Crippen molar-refractivity contribution in [2.45, 2.75) is 9.79 Å². The van der Waals surface area contributed by atoms with Crippen LogP contribution in [0.15, 0.2) is 52.3 Å². The summed E-state index contributed by atoms with van der Waals surface area (Å²) in [5.41, 5.74) is 2.39. The van der Waals surface area contributed by atoms with Crippen molar-refractivity contribution in [2.24, 2.45) is 0 Å². The minimum atomic E-state index is 1.18. The number of hydrogen-bond acceptors (Lipinski definition) is 2. The molecule has 15 heavy (non-hydrogen) atoms. The first-order valence-corrected chi connectivity index (χ1v) is 6.36. The summed E-state index contributed by atoms with van der Waals surface area (Å²) in [5, 5.41) is 3.46. The van der Waals surface area contributed by atoms with E-state index >= 15 is 0 Å². The first-order chi connectivity index (χ1) is 7.34. The van der Waals surface area contributed by atoms with Crippen molar-refractivity contribution in [1.82, 2.24) is 0 Å². The Morgan fingerprint density at radius 3 is 2.67 bits per heavy atom. The van der Waals surface area contributed by atoms with Gasteiger partial charge in [0.05, 0.1) is 0 Å². The fourth-order valence-electron chi connectivity index (χ4n) is 1.63. The van der Waals surface area contributed by atoms with E-state index in [9.17, 15) is 0 Å². The molecule has 1 nitrogen and oxygen atoms in total. The summed E-state index contributed by atoms with van der Waals surface area (Å²) in [7, 11) is 0. The Morgan fingerprint density at radius 2 is 1.73 bits per heavy atom. The van der Waals surface area contributed by atoms with Gasteiger partial charge in [0.15, 0.2) is 0 Å². The molecule has 0 fully saturated rings. The molecule has 3 rings (SSSR count). The third kappa shape index (κ3) is 1.57. The summed E-state index contributed by atoms with van der Waals surface area (Å²) in [5.74, 6) is 0. The average Bonchev–Trinajstić information content (AvgIpc) is 2.27. The number of fused-ring (bicyclic) bond motifs is 2. The van der Waals surface area contributed by atoms with Gasteiger partial charge < -0.3 is 0 Å². The molecule has 2 aromatic carbocycles.